The Kier molecular flexibility index (Phi) is 6.26. The van der Waals surface area contributed by atoms with E-state index in [9.17, 15) is 0 Å². The smallest absolute Gasteiger partial charge is 0.160 e. The minimum atomic E-state index is -0.606. The number of nitrogens with zero attached hydrogens (tertiary/aromatic N) is 3. The first kappa shape index (κ1) is 30.3. The van der Waals surface area contributed by atoms with Crippen molar-refractivity contribution in [2.24, 2.45) is 0 Å². The van der Waals surface area contributed by atoms with E-state index in [0.717, 1.165) is 28.1 Å². The summed E-state index contributed by atoms with van der Waals surface area (Å²) in [6.45, 7) is 0. The molecule has 1 unspecified atom stereocenters. The first-order chi connectivity index (χ1) is 27.3. The average Bonchev–Trinajstić information content (AvgIpc) is 3.46. The molecule has 0 fully saturated rings. The van der Waals surface area contributed by atoms with Crippen molar-refractivity contribution < 1.29 is 0 Å². The van der Waals surface area contributed by atoms with Gasteiger partial charge in [0.2, 0.25) is 0 Å². The zero-order valence-electron chi connectivity index (χ0n) is 29.7. The van der Waals surface area contributed by atoms with Gasteiger partial charge in [0, 0.05) is 29.1 Å². The van der Waals surface area contributed by atoms with Crippen LogP contribution in [0.25, 0.3) is 89.5 Å². The summed E-state index contributed by atoms with van der Waals surface area (Å²) in [5.41, 5.74) is 14.2. The van der Waals surface area contributed by atoms with Gasteiger partial charge in [-0.2, -0.15) is 0 Å². The Morgan fingerprint density at radius 3 is 1.96 bits per heavy atom. The number of aromatic nitrogens is 3. The number of pyridine rings is 1. The molecule has 0 aliphatic heterocycles. The van der Waals surface area contributed by atoms with Crippen LogP contribution in [0.3, 0.4) is 0 Å². The zero-order chi connectivity index (χ0) is 36.1. The average molecular weight is 698 g/mol. The molecular weight excluding hydrogens is 667 g/mol. The lowest BCUT2D eigenvalue weighted by Crippen LogP contribution is -2.30. The van der Waals surface area contributed by atoms with Crippen LogP contribution in [0.4, 0.5) is 0 Å². The van der Waals surface area contributed by atoms with Gasteiger partial charge in [0.05, 0.1) is 16.8 Å². The van der Waals surface area contributed by atoms with Crippen LogP contribution in [0.5, 0.6) is 0 Å². The van der Waals surface area contributed by atoms with Crippen LogP contribution in [0, 0.1) is 0 Å². The van der Waals surface area contributed by atoms with E-state index in [0.29, 0.717) is 5.82 Å². The maximum absolute atomic E-state index is 5.26. The van der Waals surface area contributed by atoms with Crippen molar-refractivity contribution in [1.29, 1.82) is 0 Å². The molecule has 0 N–H and O–H groups in total. The van der Waals surface area contributed by atoms with E-state index in [-0.39, 0.29) is 0 Å². The van der Waals surface area contributed by atoms with Gasteiger partial charge in [0.1, 0.15) is 0 Å². The maximum atomic E-state index is 5.26. The van der Waals surface area contributed by atoms with Crippen molar-refractivity contribution >= 4 is 44.5 Å². The van der Waals surface area contributed by atoms with Gasteiger partial charge in [-0.05, 0) is 107 Å². The predicted molar refractivity (Wildman–Crippen MR) is 226 cm³/mol. The van der Waals surface area contributed by atoms with E-state index < -0.39 is 5.41 Å². The van der Waals surface area contributed by atoms with Crippen LogP contribution in [-0.4, -0.2) is 15.0 Å². The zero-order valence-corrected chi connectivity index (χ0v) is 29.7. The van der Waals surface area contributed by atoms with Gasteiger partial charge in [-0.1, -0.05) is 146 Å². The third-order valence-electron chi connectivity index (χ3n) is 11.9. The van der Waals surface area contributed by atoms with E-state index in [4.69, 9.17) is 9.97 Å². The van der Waals surface area contributed by atoms with Gasteiger partial charge in [0.25, 0.3) is 0 Å². The molecule has 1 spiro atoms. The minimum absolute atomic E-state index is 0.606. The molecule has 0 bridgehead atoms. The highest BCUT2D eigenvalue weighted by Crippen LogP contribution is 2.61. The quantitative estimate of drug-likeness (QED) is 0.173. The molecule has 2 aliphatic carbocycles. The lowest BCUT2D eigenvalue weighted by atomic mass is 9.65. The monoisotopic (exact) mass is 697 g/mol. The Bertz CT molecular complexity index is 3130. The third kappa shape index (κ3) is 4.24. The molecule has 1 atom stereocenters. The molecule has 8 aromatic carbocycles. The fourth-order valence-corrected chi connectivity index (χ4v) is 9.62. The molecule has 0 saturated heterocycles. The van der Waals surface area contributed by atoms with E-state index in [1.54, 1.807) is 6.20 Å². The Hall–Kier alpha value is -7.23. The maximum Gasteiger partial charge on any atom is 0.160 e. The predicted octanol–water partition coefficient (Wildman–Crippen LogP) is 12.6. The first-order valence-electron chi connectivity index (χ1n) is 18.8. The molecule has 2 aliphatic rings. The topological polar surface area (TPSA) is 38.7 Å². The van der Waals surface area contributed by atoms with Crippen molar-refractivity contribution in [3.63, 3.8) is 0 Å². The second-order valence-corrected chi connectivity index (χ2v) is 14.7. The molecular formula is C52H31N3. The molecule has 254 valence electrons. The van der Waals surface area contributed by atoms with Crippen LogP contribution in [-0.2, 0) is 5.41 Å². The van der Waals surface area contributed by atoms with Gasteiger partial charge < -0.3 is 0 Å². The van der Waals surface area contributed by atoms with Gasteiger partial charge in [-0.15, -0.1) is 0 Å². The summed E-state index contributed by atoms with van der Waals surface area (Å²) in [4.78, 5) is 14.9. The highest BCUT2D eigenvalue weighted by Gasteiger charge is 2.49. The summed E-state index contributed by atoms with van der Waals surface area (Å²) in [6.07, 6.45) is 8.26. The largest absolute Gasteiger partial charge is 0.264 e. The van der Waals surface area contributed by atoms with Crippen LogP contribution in [0.2, 0.25) is 0 Å². The Morgan fingerprint density at radius 2 is 1.13 bits per heavy atom. The van der Waals surface area contributed by atoms with Crippen molar-refractivity contribution in [2.75, 3.05) is 0 Å². The molecule has 0 saturated carbocycles. The van der Waals surface area contributed by atoms with Gasteiger partial charge in [-0.3, -0.25) is 4.98 Å². The second-order valence-electron chi connectivity index (χ2n) is 14.7. The SMILES string of the molecule is C1=Cc2ccc(-c3nc(-c4ccccc4)cc(-c4cccnc4)n3)cc2C2(c3ccccc31)c1ccccc1-c1c2cc2ccc3cccc4ccc1c2c34. The minimum Gasteiger partial charge on any atom is -0.264 e. The van der Waals surface area contributed by atoms with Crippen molar-refractivity contribution in [1.82, 2.24) is 15.0 Å². The summed E-state index contributed by atoms with van der Waals surface area (Å²) >= 11 is 0. The first-order valence-corrected chi connectivity index (χ1v) is 18.8. The molecule has 12 rings (SSSR count). The Labute approximate surface area is 318 Å². The number of hydrogen-bond donors (Lipinski definition) is 0. The number of hydrogen-bond acceptors (Lipinski definition) is 3. The van der Waals surface area contributed by atoms with Crippen molar-refractivity contribution in [3.05, 3.63) is 210 Å². The van der Waals surface area contributed by atoms with Crippen molar-refractivity contribution in [2.45, 2.75) is 5.41 Å². The lowest BCUT2D eigenvalue weighted by Gasteiger charge is -2.36. The number of benzene rings is 8. The van der Waals surface area contributed by atoms with Crippen molar-refractivity contribution in [3.8, 4) is 45.0 Å². The Morgan fingerprint density at radius 1 is 0.418 bits per heavy atom. The molecule has 2 aromatic heterocycles. The molecule has 3 heteroatoms. The van der Waals surface area contributed by atoms with Crippen LogP contribution in [0.15, 0.2) is 176 Å². The standard InChI is InChI=1S/C52H31N3/c1-2-11-34(12-3-1)46-30-47(39-15-9-27-53-31-39)55-51(54-46)38-24-21-33-20-19-32-10-4-6-17-42(32)52(44(33)29-38)43-18-7-5-16-40(43)50-41-26-25-36-14-8-13-35-22-23-37(28-45(50)52)49(41)48(35)36/h1-31H. The second kappa shape index (κ2) is 11.4. The highest BCUT2D eigenvalue weighted by atomic mass is 14.9. The van der Waals surface area contributed by atoms with Gasteiger partial charge in [0.15, 0.2) is 5.82 Å². The fraction of sp³-hybridized carbons (Fsp3) is 0.0192. The van der Waals surface area contributed by atoms with Gasteiger partial charge >= 0.3 is 0 Å². The van der Waals surface area contributed by atoms with Gasteiger partial charge in [-0.25, -0.2) is 9.97 Å². The number of fused-ring (bicyclic) bond motifs is 10. The van der Waals surface area contributed by atoms with Crippen LogP contribution < -0.4 is 0 Å². The summed E-state index contributed by atoms with van der Waals surface area (Å²) in [6, 6.07) is 59.7. The molecule has 0 radical (unpaired) electrons. The fourth-order valence-electron chi connectivity index (χ4n) is 9.62. The third-order valence-corrected chi connectivity index (χ3v) is 11.9. The number of rotatable bonds is 3. The van der Waals surface area contributed by atoms with Crippen LogP contribution >= 0.6 is 0 Å². The summed E-state index contributed by atoms with van der Waals surface area (Å²) in [5.74, 6) is 0.682. The van der Waals surface area contributed by atoms with E-state index in [1.807, 2.05) is 18.3 Å². The summed E-state index contributed by atoms with van der Waals surface area (Å²) in [5, 5.41) is 7.79. The van der Waals surface area contributed by atoms with E-state index >= 15 is 0 Å². The van der Waals surface area contributed by atoms with Crippen LogP contribution in [0.1, 0.15) is 33.4 Å². The Balaban J connectivity index is 1.19. The molecule has 0 amide bonds. The molecule has 55 heavy (non-hydrogen) atoms. The van der Waals surface area contributed by atoms with E-state index in [2.05, 4.69) is 169 Å². The highest BCUT2D eigenvalue weighted by molar-refractivity contribution is 6.26. The molecule has 10 aromatic rings. The summed E-state index contributed by atoms with van der Waals surface area (Å²) < 4.78 is 0. The normalized spacial score (nSPS) is 15.3. The molecule has 2 heterocycles. The molecule has 3 nitrogen and oxygen atoms in total. The summed E-state index contributed by atoms with van der Waals surface area (Å²) in [7, 11) is 0. The lowest BCUT2D eigenvalue weighted by molar-refractivity contribution is 0.768. The van der Waals surface area contributed by atoms with E-state index in [1.165, 1.54) is 76.8 Å².